The summed E-state index contributed by atoms with van der Waals surface area (Å²) in [6.45, 7) is 2.39. The van der Waals surface area contributed by atoms with E-state index in [-0.39, 0.29) is 24.2 Å². The highest BCUT2D eigenvalue weighted by molar-refractivity contribution is 5.92. The third kappa shape index (κ3) is 3.74. The van der Waals surface area contributed by atoms with Crippen LogP contribution in [0.4, 0.5) is 5.69 Å². The minimum absolute atomic E-state index is 0.0453. The van der Waals surface area contributed by atoms with E-state index in [2.05, 4.69) is 27.6 Å². The average molecular weight is 313 g/mol. The van der Waals surface area contributed by atoms with E-state index < -0.39 is 0 Å². The summed E-state index contributed by atoms with van der Waals surface area (Å²) in [4.78, 5) is 28.0. The largest absolute Gasteiger partial charge is 0.355 e. The van der Waals surface area contributed by atoms with Crippen LogP contribution in [0.1, 0.15) is 19.8 Å². The molecule has 0 aliphatic heterocycles. The first-order valence-electron chi connectivity index (χ1n) is 7.68. The van der Waals surface area contributed by atoms with Crippen molar-refractivity contribution < 1.29 is 9.59 Å². The molecular formula is C16H19N5O2. The van der Waals surface area contributed by atoms with Gasteiger partial charge in [0.2, 0.25) is 11.8 Å². The molecule has 1 saturated carbocycles. The van der Waals surface area contributed by atoms with Gasteiger partial charge >= 0.3 is 0 Å². The predicted molar refractivity (Wildman–Crippen MR) is 84.9 cm³/mol. The fourth-order valence-corrected chi connectivity index (χ4v) is 2.40. The number of hydrogen-bond acceptors (Lipinski definition) is 4. The van der Waals surface area contributed by atoms with Crippen LogP contribution >= 0.6 is 0 Å². The molecule has 1 aliphatic rings. The van der Waals surface area contributed by atoms with Gasteiger partial charge in [-0.2, -0.15) is 5.10 Å². The predicted octanol–water partition coefficient (Wildman–Crippen LogP) is 1.37. The molecule has 120 valence electrons. The van der Waals surface area contributed by atoms with Gasteiger partial charge in [0, 0.05) is 37.5 Å². The second kappa shape index (κ2) is 6.60. The number of aromatic nitrogens is 3. The molecule has 2 atom stereocenters. The van der Waals surface area contributed by atoms with Crippen molar-refractivity contribution >= 4 is 17.5 Å². The maximum atomic E-state index is 12.0. The number of nitrogens with one attached hydrogen (secondary N) is 2. The molecule has 7 nitrogen and oxygen atoms in total. The standard InChI is InChI=1S/C16H19N5O2/c1-11-10-12(11)16(23)18-8-5-14(22)20-13-4-2-6-17-15(13)21-9-3-7-19-21/h2-4,6-7,9,11-12H,5,8,10H2,1H3,(H,18,23)(H,20,22)/t11-,12-/m1/s1. The second-order valence-corrected chi connectivity index (χ2v) is 5.73. The number of pyridine rings is 1. The fourth-order valence-electron chi connectivity index (χ4n) is 2.40. The van der Waals surface area contributed by atoms with Crippen molar-refractivity contribution in [3.05, 3.63) is 36.8 Å². The van der Waals surface area contributed by atoms with Crippen molar-refractivity contribution in [3.8, 4) is 5.82 Å². The molecule has 3 rings (SSSR count). The van der Waals surface area contributed by atoms with Crippen LogP contribution < -0.4 is 10.6 Å². The number of anilines is 1. The van der Waals surface area contributed by atoms with Gasteiger partial charge in [0.15, 0.2) is 5.82 Å². The smallest absolute Gasteiger partial charge is 0.226 e. The summed E-state index contributed by atoms with van der Waals surface area (Å²) in [6.07, 6.45) is 6.22. The Morgan fingerprint density at radius 1 is 1.35 bits per heavy atom. The molecule has 2 N–H and O–H groups in total. The van der Waals surface area contributed by atoms with Crippen LogP contribution in [-0.4, -0.2) is 33.1 Å². The van der Waals surface area contributed by atoms with Crippen LogP contribution in [0.15, 0.2) is 36.8 Å². The van der Waals surface area contributed by atoms with Crippen molar-refractivity contribution in [2.24, 2.45) is 11.8 Å². The van der Waals surface area contributed by atoms with Gasteiger partial charge in [-0.15, -0.1) is 0 Å². The van der Waals surface area contributed by atoms with E-state index >= 15 is 0 Å². The number of carbonyl (C=O) groups is 2. The van der Waals surface area contributed by atoms with Crippen LogP contribution in [0.25, 0.3) is 5.82 Å². The van der Waals surface area contributed by atoms with Gasteiger partial charge in [-0.05, 0) is 30.5 Å². The summed E-state index contributed by atoms with van der Waals surface area (Å²) in [5.74, 6) is 1.03. The Kier molecular flexibility index (Phi) is 4.36. The fraction of sp³-hybridized carbons (Fsp3) is 0.375. The Bertz CT molecular complexity index is 698. The van der Waals surface area contributed by atoms with Gasteiger partial charge in [0.25, 0.3) is 0 Å². The molecule has 0 aromatic carbocycles. The molecule has 2 aromatic heterocycles. The van der Waals surface area contributed by atoms with Crippen molar-refractivity contribution in [2.75, 3.05) is 11.9 Å². The summed E-state index contributed by atoms with van der Waals surface area (Å²) in [6, 6.07) is 5.31. The summed E-state index contributed by atoms with van der Waals surface area (Å²) >= 11 is 0. The van der Waals surface area contributed by atoms with E-state index in [0.717, 1.165) is 6.42 Å². The molecule has 2 heterocycles. The normalized spacial score (nSPS) is 19.2. The monoisotopic (exact) mass is 313 g/mol. The molecule has 23 heavy (non-hydrogen) atoms. The molecule has 1 aliphatic carbocycles. The number of amides is 2. The van der Waals surface area contributed by atoms with Gasteiger partial charge in [-0.25, -0.2) is 9.67 Å². The van der Waals surface area contributed by atoms with Crippen molar-refractivity contribution in [3.63, 3.8) is 0 Å². The zero-order chi connectivity index (χ0) is 16.2. The number of rotatable bonds is 6. The highest BCUT2D eigenvalue weighted by Crippen LogP contribution is 2.37. The minimum atomic E-state index is -0.171. The van der Waals surface area contributed by atoms with Crippen molar-refractivity contribution in [2.45, 2.75) is 19.8 Å². The Labute approximate surface area is 134 Å². The summed E-state index contributed by atoms with van der Waals surface area (Å²) in [5, 5.41) is 9.73. The number of hydrogen-bond donors (Lipinski definition) is 2. The van der Waals surface area contributed by atoms with E-state index in [4.69, 9.17) is 0 Å². The van der Waals surface area contributed by atoms with Gasteiger partial charge in [-0.3, -0.25) is 9.59 Å². The number of nitrogens with zero attached hydrogens (tertiary/aromatic N) is 3. The van der Waals surface area contributed by atoms with Crippen LogP contribution in [-0.2, 0) is 9.59 Å². The van der Waals surface area contributed by atoms with Crippen molar-refractivity contribution in [1.82, 2.24) is 20.1 Å². The third-order valence-electron chi connectivity index (χ3n) is 3.88. The molecule has 0 radical (unpaired) electrons. The van der Waals surface area contributed by atoms with Gasteiger partial charge in [0.1, 0.15) is 0 Å². The molecule has 2 amide bonds. The molecule has 2 aromatic rings. The van der Waals surface area contributed by atoms with Crippen LogP contribution in [0.2, 0.25) is 0 Å². The molecule has 1 fully saturated rings. The summed E-state index contributed by atoms with van der Waals surface area (Å²) in [7, 11) is 0. The van der Waals surface area contributed by atoms with Gasteiger partial charge in [-0.1, -0.05) is 6.92 Å². The van der Waals surface area contributed by atoms with E-state index in [9.17, 15) is 9.59 Å². The molecule has 7 heteroatoms. The lowest BCUT2D eigenvalue weighted by Gasteiger charge is -2.10. The topological polar surface area (TPSA) is 88.9 Å². The first-order chi connectivity index (χ1) is 11.1. The van der Waals surface area contributed by atoms with E-state index in [1.165, 1.54) is 0 Å². The molecule has 0 spiro atoms. The second-order valence-electron chi connectivity index (χ2n) is 5.73. The zero-order valence-electron chi connectivity index (χ0n) is 12.9. The molecule has 0 unspecified atom stereocenters. The summed E-state index contributed by atoms with van der Waals surface area (Å²) < 4.78 is 1.59. The van der Waals surface area contributed by atoms with E-state index in [1.807, 2.05) is 0 Å². The summed E-state index contributed by atoms with van der Waals surface area (Å²) in [5.41, 5.74) is 0.586. The maximum Gasteiger partial charge on any atom is 0.226 e. The minimum Gasteiger partial charge on any atom is -0.355 e. The van der Waals surface area contributed by atoms with Crippen LogP contribution in [0.5, 0.6) is 0 Å². The molecule has 0 bridgehead atoms. The van der Waals surface area contributed by atoms with Crippen molar-refractivity contribution in [1.29, 1.82) is 0 Å². The first-order valence-corrected chi connectivity index (χ1v) is 7.68. The molecular weight excluding hydrogens is 294 g/mol. The van der Waals surface area contributed by atoms with E-state index in [0.29, 0.717) is 24.0 Å². The highest BCUT2D eigenvalue weighted by atomic mass is 16.2. The average Bonchev–Trinajstić information content (AvgIpc) is 3.04. The van der Waals surface area contributed by atoms with Crippen LogP contribution in [0.3, 0.4) is 0 Å². The Hall–Kier alpha value is -2.70. The van der Waals surface area contributed by atoms with Gasteiger partial charge in [0.05, 0.1) is 5.69 Å². The lowest BCUT2D eigenvalue weighted by molar-refractivity contribution is -0.122. The Balaban J connectivity index is 1.53. The van der Waals surface area contributed by atoms with Crippen LogP contribution in [0, 0.1) is 11.8 Å². The number of carbonyl (C=O) groups excluding carboxylic acids is 2. The quantitative estimate of drug-likeness (QED) is 0.843. The maximum absolute atomic E-state index is 12.0. The lowest BCUT2D eigenvalue weighted by atomic mass is 10.3. The molecule has 0 saturated heterocycles. The lowest BCUT2D eigenvalue weighted by Crippen LogP contribution is -2.29. The Morgan fingerprint density at radius 3 is 2.87 bits per heavy atom. The SMILES string of the molecule is C[C@@H]1C[C@H]1C(=O)NCCC(=O)Nc1cccnc1-n1cccn1. The van der Waals surface area contributed by atoms with Gasteiger partial charge < -0.3 is 10.6 Å². The third-order valence-corrected chi connectivity index (χ3v) is 3.88. The zero-order valence-corrected chi connectivity index (χ0v) is 12.9. The first kappa shape index (κ1) is 15.2. The Morgan fingerprint density at radius 2 is 2.17 bits per heavy atom. The van der Waals surface area contributed by atoms with E-state index in [1.54, 1.807) is 41.5 Å². The highest BCUT2D eigenvalue weighted by Gasteiger charge is 2.38.